The molecular weight excluding hydrogens is 287 g/mol. The highest BCUT2D eigenvalue weighted by Gasteiger charge is 2.19. The lowest BCUT2D eigenvalue weighted by Gasteiger charge is -2.16. The van der Waals surface area contributed by atoms with Crippen molar-refractivity contribution in [2.45, 2.75) is 5.50 Å². The molecule has 1 aliphatic heterocycles. The van der Waals surface area contributed by atoms with E-state index in [1.807, 2.05) is 0 Å². The Morgan fingerprint density at radius 1 is 1.39 bits per heavy atom. The number of hydrogen-bond donors (Lipinski definition) is 3. The van der Waals surface area contributed by atoms with Crippen LogP contribution >= 0.6 is 12.6 Å². The first kappa shape index (κ1) is 14.5. The maximum absolute atomic E-state index is 10.5. The minimum atomic E-state index is -4.50. The van der Waals surface area contributed by atoms with Crippen molar-refractivity contribution in [3.05, 3.63) is 24.3 Å². The zero-order valence-electron chi connectivity index (χ0n) is 8.66. The van der Waals surface area contributed by atoms with Crippen molar-refractivity contribution in [1.29, 1.82) is 0 Å². The van der Waals surface area contributed by atoms with Crippen molar-refractivity contribution in [3.63, 3.8) is 0 Å². The van der Waals surface area contributed by atoms with Crippen molar-refractivity contribution in [3.8, 4) is 5.75 Å². The van der Waals surface area contributed by atoms with E-state index in [0.29, 0.717) is 5.69 Å². The van der Waals surface area contributed by atoms with Gasteiger partial charge in [0.15, 0.2) is 5.50 Å². The standard InChI is InChI=1S/C7H8N4O4S2.FH/c12-17(13,14)15-6-3-1-5(2-4-6)11-7(16)8-9-10-11;/h1-4,7,16H,(H,8,10)(H,12,13,14);1H. The molecule has 0 spiro atoms. The molecule has 2 N–H and O–H groups in total. The van der Waals surface area contributed by atoms with Gasteiger partial charge in [-0.15, -0.1) is 12.6 Å². The third kappa shape index (κ3) is 3.45. The van der Waals surface area contributed by atoms with Crippen LogP contribution in [0.15, 0.2) is 34.7 Å². The summed E-state index contributed by atoms with van der Waals surface area (Å²) in [4.78, 5) is 0. The summed E-state index contributed by atoms with van der Waals surface area (Å²) in [7, 11) is -4.50. The van der Waals surface area contributed by atoms with Gasteiger partial charge in [0.05, 0.1) is 5.69 Å². The fourth-order valence-electron chi connectivity index (χ4n) is 1.20. The lowest BCUT2D eigenvalue weighted by atomic mass is 10.3. The van der Waals surface area contributed by atoms with Crippen molar-refractivity contribution in [2.24, 2.45) is 10.4 Å². The van der Waals surface area contributed by atoms with Crippen LogP contribution in [0, 0.1) is 0 Å². The predicted molar refractivity (Wildman–Crippen MR) is 64.4 cm³/mol. The molecule has 100 valence electrons. The number of thiol groups is 1. The number of halogens is 1. The maximum atomic E-state index is 10.5. The van der Waals surface area contributed by atoms with Gasteiger partial charge in [0.25, 0.3) is 0 Å². The van der Waals surface area contributed by atoms with Crippen LogP contribution in [0.3, 0.4) is 0 Å². The number of nitrogens with zero attached hydrogens (tertiary/aromatic N) is 3. The fraction of sp³-hybridized carbons (Fsp3) is 0.143. The monoisotopic (exact) mass is 296 g/mol. The zero-order valence-corrected chi connectivity index (χ0v) is 10.4. The van der Waals surface area contributed by atoms with Crippen LogP contribution in [0.5, 0.6) is 5.75 Å². The van der Waals surface area contributed by atoms with Crippen molar-refractivity contribution in [1.82, 2.24) is 5.43 Å². The molecule has 11 heteroatoms. The van der Waals surface area contributed by atoms with Crippen LogP contribution in [0.25, 0.3) is 0 Å². The van der Waals surface area contributed by atoms with Gasteiger partial charge < -0.3 is 4.18 Å². The lowest BCUT2D eigenvalue weighted by molar-refractivity contribution is 0.387. The molecule has 0 aromatic heterocycles. The second kappa shape index (κ2) is 5.37. The minimum Gasteiger partial charge on any atom is -0.362 e. The molecule has 8 nitrogen and oxygen atoms in total. The van der Waals surface area contributed by atoms with Gasteiger partial charge >= 0.3 is 10.4 Å². The van der Waals surface area contributed by atoms with Gasteiger partial charge in [-0.3, -0.25) is 14.7 Å². The summed E-state index contributed by atoms with van der Waals surface area (Å²) < 4.78 is 33.7. The number of hydrogen-bond acceptors (Lipinski definition) is 8. The van der Waals surface area contributed by atoms with Gasteiger partial charge in [-0.2, -0.15) is 8.42 Å². The van der Waals surface area contributed by atoms with E-state index >= 15 is 0 Å². The summed E-state index contributed by atoms with van der Waals surface area (Å²) in [6.07, 6.45) is 0. The highest BCUT2D eigenvalue weighted by Crippen LogP contribution is 2.24. The molecule has 1 heterocycles. The average Bonchev–Trinajstić information content (AvgIpc) is 2.63. The molecule has 0 saturated heterocycles. The van der Waals surface area contributed by atoms with Crippen molar-refractivity contribution in [2.75, 3.05) is 5.01 Å². The van der Waals surface area contributed by atoms with Crippen molar-refractivity contribution < 1.29 is 21.9 Å². The predicted octanol–water partition coefficient (Wildman–Crippen LogP) is 0.926. The van der Waals surface area contributed by atoms with Crippen LogP contribution in [-0.4, -0.2) is 18.5 Å². The van der Waals surface area contributed by atoms with E-state index in [2.05, 4.69) is 32.7 Å². The number of anilines is 1. The largest absolute Gasteiger partial charge is 0.446 e. The molecule has 0 bridgehead atoms. The van der Waals surface area contributed by atoms with E-state index in [1.165, 1.54) is 17.1 Å². The lowest BCUT2D eigenvalue weighted by Crippen LogP contribution is -2.29. The third-order valence-corrected chi connectivity index (χ3v) is 2.59. The smallest absolute Gasteiger partial charge is 0.362 e. The van der Waals surface area contributed by atoms with Crippen LogP contribution in [0.4, 0.5) is 10.4 Å². The summed E-state index contributed by atoms with van der Waals surface area (Å²) in [6, 6.07) is 5.85. The first-order valence-corrected chi connectivity index (χ1v) is 6.24. The Morgan fingerprint density at radius 3 is 2.44 bits per heavy atom. The second-order valence-corrected chi connectivity index (χ2v) is 4.55. The highest BCUT2D eigenvalue weighted by atomic mass is 32.3. The Morgan fingerprint density at radius 2 is 2.00 bits per heavy atom. The number of benzene rings is 1. The van der Waals surface area contributed by atoms with Gasteiger partial charge in [0, 0.05) is 0 Å². The quantitative estimate of drug-likeness (QED) is 0.566. The summed E-state index contributed by atoms with van der Waals surface area (Å²) in [5, 5.41) is 8.79. The first-order chi connectivity index (χ1) is 7.96. The Kier molecular flexibility index (Phi) is 4.32. The fourth-order valence-corrected chi connectivity index (χ4v) is 1.78. The Bertz CT molecular complexity index is 535. The molecule has 18 heavy (non-hydrogen) atoms. The molecular formula is C7H9FN4O4S2. The normalized spacial score (nSPS) is 18.1. The second-order valence-electron chi connectivity index (χ2n) is 3.04. The Labute approximate surface area is 107 Å². The summed E-state index contributed by atoms with van der Waals surface area (Å²) in [5.74, 6) is -0.00365. The SMILES string of the molecule is F.O=S(=O)(O)Oc1ccc(N2N=NNC2S)cc1. The van der Waals surface area contributed by atoms with Crippen molar-refractivity contribution >= 4 is 28.7 Å². The molecule has 0 fully saturated rings. The average molecular weight is 296 g/mol. The van der Waals surface area contributed by atoms with Gasteiger partial charge in [-0.25, -0.2) is 5.01 Å². The van der Waals surface area contributed by atoms with E-state index in [0.717, 1.165) is 0 Å². The van der Waals surface area contributed by atoms with Crippen LogP contribution in [0.1, 0.15) is 0 Å². The molecule has 2 rings (SSSR count). The molecule has 0 saturated carbocycles. The third-order valence-electron chi connectivity index (χ3n) is 1.85. The molecule has 0 radical (unpaired) electrons. The molecule has 1 aromatic carbocycles. The van der Waals surface area contributed by atoms with Crippen LogP contribution in [-0.2, 0) is 10.4 Å². The first-order valence-electron chi connectivity index (χ1n) is 4.36. The minimum absolute atomic E-state index is 0. The highest BCUT2D eigenvalue weighted by molar-refractivity contribution is 7.81. The molecule has 1 aromatic rings. The zero-order chi connectivity index (χ0) is 12.5. The van der Waals surface area contributed by atoms with Gasteiger partial charge in [-0.1, -0.05) is 5.22 Å². The van der Waals surface area contributed by atoms with Crippen LogP contribution in [0.2, 0.25) is 0 Å². The summed E-state index contributed by atoms with van der Waals surface area (Å²) >= 11 is 4.15. The Hall–Kier alpha value is -1.59. The van der Waals surface area contributed by atoms with Gasteiger partial charge in [0.1, 0.15) is 5.75 Å². The molecule has 1 atom stereocenters. The Balaban J connectivity index is 0.00000162. The van der Waals surface area contributed by atoms with E-state index in [9.17, 15) is 8.42 Å². The van der Waals surface area contributed by atoms with E-state index in [-0.39, 0.29) is 16.0 Å². The van der Waals surface area contributed by atoms with E-state index < -0.39 is 10.4 Å². The number of rotatable bonds is 3. The topological polar surface area (TPSA) is 104 Å². The molecule has 1 unspecified atom stereocenters. The maximum Gasteiger partial charge on any atom is 0.446 e. The molecule has 0 amide bonds. The van der Waals surface area contributed by atoms with E-state index in [4.69, 9.17) is 4.55 Å². The molecule has 1 aliphatic rings. The summed E-state index contributed by atoms with van der Waals surface area (Å²) in [6.45, 7) is 0. The van der Waals surface area contributed by atoms with Crippen LogP contribution < -0.4 is 14.6 Å². The van der Waals surface area contributed by atoms with Gasteiger partial charge in [0.2, 0.25) is 0 Å². The van der Waals surface area contributed by atoms with Gasteiger partial charge in [-0.05, 0) is 29.5 Å². The molecule has 0 aliphatic carbocycles. The number of nitrogens with one attached hydrogen (secondary N) is 1. The van der Waals surface area contributed by atoms with E-state index in [1.54, 1.807) is 12.1 Å². The summed E-state index contributed by atoms with van der Waals surface area (Å²) in [5.41, 5.74) is 2.86.